The van der Waals surface area contributed by atoms with E-state index < -0.39 is 6.29 Å². The zero-order valence-electron chi connectivity index (χ0n) is 8.43. The van der Waals surface area contributed by atoms with Gasteiger partial charge in [0.15, 0.2) is 6.29 Å². The second-order valence-corrected chi connectivity index (χ2v) is 3.06. The molecule has 0 amide bonds. The first-order valence-corrected chi connectivity index (χ1v) is 4.63. The normalized spacial score (nSPS) is 20.2. The molecule has 1 aromatic heterocycles. The van der Waals surface area contributed by atoms with Crippen LogP contribution in [0.4, 0.5) is 5.69 Å². The Labute approximate surface area is 92.2 Å². The summed E-state index contributed by atoms with van der Waals surface area (Å²) in [5.74, 6) is 0.375. The maximum atomic E-state index is 5.67. The monoisotopic (exact) mass is 217 g/mol. The van der Waals surface area contributed by atoms with Crippen LogP contribution in [0, 0.1) is 0 Å². The van der Waals surface area contributed by atoms with Crippen LogP contribution in [-0.2, 0) is 0 Å². The van der Waals surface area contributed by atoms with Gasteiger partial charge in [-0.25, -0.2) is 10.0 Å². The van der Waals surface area contributed by atoms with E-state index in [2.05, 4.69) is 20.3 Å². The van der Waals surface area contributed by atoms with E-state index >= 15 is 0 Å². The number of hydrogen-bond acceptors (Lipinski definition) is 6. The van der Waals surface area contributed by atoms with Crippen LogP contribution in [0.5, 0.6) is 0 Å². The minimum Gasteiger partial charge on any atom is -0.384 e. The van der Waals surface area contributed by atoms with Crippen LogP contribution in [-0.4, -0.2) is 22.1 Å². The van der Waals surface area contributed by atoms with E-state index in [1.165, 1.54) is 5.01 Å². The third-order valence-corrected chi connectivity index (χ3v) is 1.86. The second kappa shape index (κ2) is 4.49. The quantitative estimate of drug-likeness (QED) is 0.704. The summed E-state index contributed by atoms with van der Waals surface area (Å²) in [7, 11) is 0. The molecule has 2 heterocycles. The number of hydrogen-bond donors (Lipinski definition) is 2. The first kappa shape index (κ1) is 10.2. The predicted molar refractivity (Wildman–Crippen MR) is 59.3 cm³/mol. The van der Waals surface area contributed by atoms with E-state index in [1.807, 2.05) is 0 Å². The lowest BCUT2D eigenvalue weighted by Gasteiger charge is -2.20. The molecule has 1 aliphatic rings. The molecule has 4 N–H and O–H groups in total. The summed E-state index contributed by atoms with van der Waals surface area (Å²) in [5, 5.41) is 9.27. The fourth-order valence-corrected chi connectivity index (χ4v) is 1.09. The highest BCUT2D eigenvalue weighted by atomic mass is 15.6. The van der Waals surface area contributed by atoms with Gasteiger partial charge in [-0.1, -0.05) is 5.22 Å². The Morgan fingerprint density at radius 1 is 1.44 bits per heavy atom. The Kier molecular flexibility index (Phi) is 2.88. The van der Waals surface area contributed by atoms with Gasteiger partial charge < -0.3 is 5.73 Å². The van der Waals surface area contributed by atoms with Crippen molar-refractivity contribution in [2.45, 2.75) is 6.29 Å². The zero-order valence-corrected chi connectivity index (χ0v) is 8.43. The van der Waals surface area contributed by atoms with Crippen molar-refractivity contribution in [3.05, 3.63) is 36.8 Å². The van der Waals surface area contributed by atoms with Gasteiger partial charge in [0.2, 0.25) is 0 Å². The van der Waals surface area contributed by atoms with Crippen molar-refractivity contribution < 1.29 is 0 Å². The number of nitrogens with two attached hydrogens (primary N) is 2. The number of rotatable bonds is 2. The molecular formula is C9H11N7. The lowest BCUT2D eigenvalue weighted by atomic mass is 10.4. The molecular weight excluding hydrogens is 206 g/mol. The van der Waals surface area contributed by atoms with Gasteiger partial charge in [-0.15, -0.1) is 5.11 Å². The Bertz CT molecular complexity index is 436. The van der Waals surface area contributed by atoms with Crippen LogP contribution in [0.1, 0.15) is 0 Å². The molecule has 1 atom stereocenters. The average Bonchev–Trinajstić information content (AvgIpc) is 2.29. The number of amidine groups is 1. The van der Waals surface area contributed by atoms with Gasteiger partial charge >= 0.3 is 0 Å². The lowest BCUT2D eigenvalue weighted by Crippen LogP contribution is -2.37. The summed E-state index contributed by atoms with van der Waals surface area (Å²) in [6.07, 6.45) is 5.85. The Balaban J connectivity index is 2.07. The maximum Gasteiger partial charge on any atom is 0.197 e. The third kappa shape index (κ3) is 2.39. The van der Waals surface area contributed by atoms with Crippen molar-refractivity contribution in [3.8, 4) is 0 Å². The molecule has 1 aliphatic heterocycles. The summed E-state index contributed by atoms with van der Waals surface area (Å²) < 4.78 is 0. The summed E-state index contributed by atoms with van der Waals surface area (Å²) in [6.45, 7) is 0. The van der Waals surface area contributed by atoms with Gasteiger partial charge in [-0.05, 0) is 18.2 Å². The highest BCUT2D eigenvalue weighted by Crippen LogP contribution is 2.11. The predicted octanol–water partition coefficient (Wildman–Crippen LogP) is 0.509. The molecule has 0 aromatic carbocycles. The summed E-state index contributed by atoms with van der Waals surface area (Å²) in [6, 6.07) is 3.56. The van der Waals surface area contributed by atoms with Gasteiger partial charge in [-0.2, -0.15) is 0 Å². The van der Waals surface area contributed by atoms with E-state index in [1.54, 1.807) is 36.8 Å². The molecule has 0 radical (unpaired) electrons. The summed E-state index contributed by atoms with van der Waals surface area (Å²) >= 11 is 0. The molecule has 0 saturated heterocycles. The minimum absolute atomic E-state index is 0.375. The van der Waals surface area contributed by atoms with Crippen molar-refractivity contribution in [3.63, 3.8) is 0 Å². The molecule has 7 nitrogen and oxygen atoms in total. The molecule has 2 rings (SSSR count). The Morgan fingerprint density at radius 2 is 2.31 bits per heavy atom. The van der Waals surface area contributed by atoms with Gasteiger partial charge in [0.05, 0.1) is 6.20 Å². The molecule has 0 fully saturated rings. The average molecular weight is 217 g/mol. The molecule has 0 spiro atoms. The van der Waals surface area contributed by atoms with Crippen molar-refractivity contribution in [1.82, 2.24) is 9.99 Å². The van der Waals surface area contributed by atoms with E-state index in [9.17, 15) is 0 Å². The molecule has 82 valence electrons. The minimum atomic E-state index is -0.634. The fourth-order valence-electron chi connectivity index (χ4n) is 1.09. The van der Waals surface area contributed by atoms with Gasteiger partial charge in [0.25, 0.3) is 0 Å². The van der Waals surface area contributed by atoms with E-state index in [0.717, 1.165) is 0 Å². The van der Waals surface area contributed by atoms with Crippen molar-refractivity contribution in [1.29, 1.82) is 0 Å². The first-order chi connectivity index (χ1) is 7.75. The van der Waals surface area contributed by atoms with Crippen LogP contribution in [0.2, 0.25) is 0 Å². The standard InChI is InChI=1S/C9H11N7/c10-8-3-5-16(9(11)13-8)15-14-7-2-1-4-12-6-7/h1-6,9H,11H2,(H2,10,13). The van der Waals surface area contributed by atoms with E-state index in [0.29, 0.717) is 11.5 Å². The Morgan fingerprint density at radius 3 is 3.00 bits per heavy atom. The number of nitrogens with zero attached hydrogens (tertiary/aromatic N) is 5. The van der Waals surface area contributed by atoms with Crippen LogP contribution in [0.25, 0.3) is 0 Å². The molecule has 1 aromatic rings. The van der Waals surface area contributed by atoms with Crippen molar-refractivity contribution in [2.24, 2.45) is 26.8 Å². The molecule has 1 unspecified atom stereocenters. The number of pyridine rings is 1. The Hall–Kier alpha value is -2.28. The molecule has 0 aliphatic carbocycles. The largest absolute Gasteiger partial charge is 0.384 e. The maximum absolute atomic E-state index is 5.67. The fraction of sp³-hybridized carbons (Fsp3) is 0.111. The van der Waals surface area contributed by atoms with E-state index in [-0.39, 0.29) is 0 Å². The van der Waals surface area contributed by atoms with Crippen LogP contribution in [0.15, 0.2) is 52.1 Å². The van der Waals surface area contributed by atoms with Crippen LogP contribution >= 0.6 is 0 Å². The smallest absolute Gasteiger partial charge is 0.197 e. The zero-order chi connectivity index (χ0) is 11.4. The molecule has 0 saturated carbocycles. The van der Waals surface area contributed by atoms with Crippen LogP contribution < -0.4 is 11.5 Å². The lowest BCUT2D eigenvalue weighted by molar-refractivity contribution is 0.282. The highest BCUT2D eigenvalue weighted by molar-refractivity contribution is 5.91. The van der Waals surface area contributed by atoms with Gasteiger partial charge in [0, 0.05) is 12.4 Å². The van der Waals surface area contributed by atoms with Gasteiger partial charge in [0.1, 0.15) is 11.5 Å². The summed E-state index contributed by atoms with van der Waals surface area (Å²) in [5.41, 5.74) is 11.8. The van der Waals surface area contributed by atoms with Gasteiger partial charge in [-0.3, -0.25) is 10.7 Å². The first-order valence-electron chi connectivity index (χ1n) is 4.63. The van der Waals surface area contributed by atoms with Crippen molar-refractivity contribution in [2.75, 3.05) is 0 Å². The number of aliphatic imine (C=N–C) groups is 1. The topological polar surface area (TPSA) is 105 Å². The second-order valence-electron chi connectivity index (χ2n) is 3.06. The number of aromatic nitrogens is 1. The molecule has 0 bridgehead atoms. The molecule has 16 heavy (non-hydrogen) atoms. The van der Waals surface area contributed by atoms with Crippen molar-refractivity contribution >= 4 is 11.5 Å². The van der Waals surface area contributed by atoms with Crippen LogP contribution in [0.3, 0.4) is 0 Å². The SMILES string of the molecule is NC1=NC(N)N(N=Nc2cccnc2)C=C1. The summed E-state index contributed by atoms with van der Waals surface area (Å²) in [4.78, 5) is 7.83. The third-order valence-electron chi connectivity index (χ3n) is 1.86. The highest BCUT2D eigenvalue weighted by Gasteiger charge is 2.11. The van der Waals surface area contributed by atoms with E-state index in [4.69, 9.17) is 11.5 Å². The molecule has 7 heteroatoms.